The van der Waals surface area contributed by atoms with Gasteiger partial charge in [-0.1, -0.05) is 60.7 Å². The molecule has 0 aromatic heterocycles. The van der Waals surface area contributed by atoms with Gasteiger partial charge in [-0.05, 0) is 78.4 Å². The maximum Gasteiger partial charge on any atom is 0.108 e. The van der Waals surface area contributed by atoms with Gasteiger partial charge in [-0.15, -0.1) is 0 Å². The highest BCUT2D eigenvalue weighted by Crippen LogP contribution is 2.52. The lowest BCUT2D eigenvalue weighted by Crippen LogP contribution is -2.35. The number of para-hydroxylation sites is 2. The third-order valence-electron chi connectivity index (χ3n) is 6.56. The minimum Gasteiger partial charge on any atom is -0.319 e. The zero-order valence-corrected chi connectivity index (χ0v) is 17.3. The smallest absolute Gasteiger partial charge is 0.108 e. The molecule has 0 fully saturated rings. The summed E-state index contributed by atoms with van der Waals surface area (Å²) in [6, 6.07) is 33.1. The Balaban J connectivity index is 1.60. The van der Waals surface area contributed by atoms with E-state index >= 15 is 0 Å². The summed E-state index contributed by atoms with van der Waals surface area (Å²) in [5, 5.41) is 0. The fourth-order valence-electron chi connectivity index (χ4n) is 5.17. The molecule has 0 N–H and O–H groups in total. The van der Waals surface area contributed by atoms with Crippen molar-refractivity contribution >= 4 is 22.7 Å². The SMILES string of the molecule is Cc1ccccc1N1c2cc3c(cc2N(c2ccccc2)[C@@H]1C)Cc1ccccc1-3. The lowest BCUT2D eigenvalue weighted by Gasteiger charge is -2.31. The molecule has 2 aliphatic rings. The third kappa shape index (κ3) is 2.43. The molecule has 1 atom stereocenters. The molecule has 6 rings (SSSR count). The average molecular weight is 389 g/mol. The highest BCUT2D eigenvalue weighted by atomic mass is 15.4. The number of rotatable bonds is 2. The van der Waals surface area contributed by atoms with E-state index in [0.29, 0.717) is 0 Å². The Labute approximate surface area is 178 Å². The van der Waals surface area contributed by atoms with Crippen LogP contribution < -0.4 is 9.80 Å². The summed E-state index contributed by atoms with van der Waals surface area (Å²) in [6.45, 7) is 4.51. The van der Waals surface area contributed by atoms with Crippen LogP contribution in [0.15, 0.2) is 91.0 Å². The molecule has 4 aromatic carbocycles. The zero-order valence-electron chi connectivity index (χ0n) is 17.3. The van der Waals surface area contributed by atoms with E-state index in [4.69, 9.17) is 0 Å². The van der Waals surface area contributed by atoms with Crippen LogP contribution in [0.5, 0.6) is 0 Å². The number of hydrogen-bond donors (Lipinski definition) is 0. The van der Waals surface area contributed by atoms with Crippen molar-refractivity contribution in [2.45, 2.75) is 26.4 Å². The third-order valence-corrected chi connectivity index (χ3v) is 6.56. The van der Waals surface area contributed by atoms with Gasteiger partial charge in [-0.25, -0.2) is 0 Å². The molecule has 0 bridgehead atoms. The van der Waals surface area contributed by atoms with E-state index in [1.54, 1.807) is 0 Å². The monoisotopic (exact) mass is 388 g/mol. The Morgan fingerprint density at radius 2 is 1.33 bits per heavy atom. The highest BCUT2D eigenvalue weighted by Gasteiger charge is 2.37. The molecule has 1 aliphatic heterocycles. The first-order valence-corrected chi connectivity index (χ1v) is 10.7. The molecule has 4 aromatic rings. The summed E-state index contributed by atoms with van der Waals surface area (Å²) in [5.41, 5.74) is 12.0. The largest absolute Gasteiger partial charge is 0.319 e. The van der Waals surface area contributed by atoms with E-state index in [9.17, 15) is 0 Å². The Morgan fingerprint density at radius 3 is 2.17 bits per heavy atom. The fraction of sp³-hybridized carbons (Fsp3) is 0.143. The molecule has 2 nitrogen and oxygen atoms in total. The predicted octanol–water partition coefficient (Wildman–Crippen LogP) is 7.20. The van der Waals surface area contributed by atoms with Crippen molar-refractivity contribution in [3.63, 3.8) is 0 Å². The van der Waals surface area contributed by atoms with Crippen LogP contribution in [0.4, 0.5) is 22.7 Å². The van der Waals surface area contributed by atoms with E-state index in [1.165, 1.54) is 50.6 Å². The topological polar surface area (TPSA) is 6.48 Å². The number of hydrogen-bond acceptors (Lipinski definition) is 2. The van der Waals surface area contributed by atoms with Crippen molar-refractivity contribution < 1.29 is 0 Å². The van der Waals surface area contributed by atoms with Gasteiger partial charge in [0.1, 0.15) is 6.17 Å². The molecule has 2 heteroatoms. The average Bonchev–Trinajstić information content (AvgIpc) is 3.27. The van der Waals surface area contributed by atoms with Gasteiger partial charge in [0.25, 0.3) is 0 Å². The lowest BCUT2D eigenvalue weighted by molar-refractivity contribution is 0.759. The van der Waals surface area contributed by atoms with Crippen molar-refractivity contribution in [3.8, 4) is 11.1 Å². The van der Waals surface area contributed by atoms with E-state index in [2.05, 4.69) is 115 Å². The van der Waals surface area contributed by atoms with E-state index < -0.39 is 0 Å². The minimum absolute atomic E-state index is 0.196. The zero-order chi connectivity index (χ0) is 20.2. The van der Waals surface area contributed by atoms with Crippen molar-refractivity contribution in [3.05, 3.63) is 108 Å². The van der Waals surface area contributed by atoms with Crippen molar-refractivity contribution in [1.82, 2.24) is 0 Å². The Kier molecular flexibility index (Phi) is 3.76. The van der Waals surface area contributed by atoms with Crippen LogP contribution in [-0.2, 0) is 6.42 Å². The Morgan fingerprint density at radius 1 is 0.633 bits per heavy atom. The molecule has 0 saturated carbocycles. The second-order valence-electron chi connectivity index (χ2n) is 8.33. The maximum absolute atomic E-state index is 2.50. The maximum atomic E-state index is 2.50. The number of benzene rings is 4. The van der Waals surface area contributed by atoms with Crippen LogP contribution >= 0.6 is 0 Å². The summed E-state index contributed by atoms with van der Waals surface area (Å²) in [4.78, 5) is 4.98. The fourth-order valence-corrected chi connectivity index (χ4v) is 5.17. The van der Waals surface area contributed by atoms with Gasteiger partial charge in [0.2, 0.25) is 0 Å². The van der Waals surface area contributed by atoms with Crippen LogP contribution in [0.3, 0.4) is 0 Å². The quantitative estimate of drug-likeness (QED) is 0.315. The predicted molar refractivity (Wildman–Crippen MR) is 126 cm³/mol. The van der Waals surface area contributed by atoms with Crippen LogP contribution in [0.2, 0.25) is 0 Å². The molecule has 30 heavy (non-hydrogen) atoms. The molecule has 0 spiro atoms. The van der Waals surface area contributed by atoms with E-state index in [-0.39, 0.29) is 6.17 Å². The number of aryl methyl sites for hydroxylation is 1. The number of anilines is 4. The summed E-state index contributed by atoms with van der Waals surface area (Å²) in [6.07, 6.45) is 1.21. The molecule has 146 valence electrons. The van der Waals surface area contributed by atoms with Crippen molar-refractivity contribution in [1.29, 1.82) is 0 Å². The van der Waals surface area contributed by atoms with Gasteiger partial charge in [-0.3, -0.25) is 0 Å². The Hall–Kier alpha value is -3.52. The van der Waals surface area contributed by atoms with Gasteiger partial charge in [-0.2, -0.15) is 0 Å². The Bertz CT molecular complexity index is 1260. The molecule has 0 radical (unpaired) electrons. The second-order valence-corrected chi connectivity index (χ2v) is 8.33. The highest BCUT2D eigenvalue weighted by molar-refractivity contribution is 5.94. The minimum atomic E-state index is 0.196. The number of nitrogens with zero attached hydrogens (tertiary/aromatic N) is 2. The summed E-state index contributed by atoms with van der Waals surface area (Å²) >= 11 is 0. The molecular weight excluding hydrogens is 364 g/mol. The van der Waals surface area contributed by atoms with E-state index in [0.717, 1.165) is 6.42 Å². The van der Waals surface area contributed by atoms with Crippen molar-refractivity contribution in [2.24, 2.45) is 0 Å². The summed E-state index contributed by atoms with van der Waals surface area (Å²) in [7, 11) is 0. The molecular formula is C28H24N2. The van der Waals surface area contributed by atoms with Gasteiger partial charge >= 0.3 is 0 Å². The molecule has 0 unspecified atom stereocenters. The lowest BCUT2D eigenvalue weighted by atomic mass is 10.0. The first-order chi connectivity index (χ1) is 14.7. The van der Waals surface area contributed by atoms with Gasteiger partial charge < -0.3 is 9.80 Å². The van der Waals surface area contributed by atoms with Crippen LogP contribution in [0.1, 0.15) is 23.6 Å². The standard InChI is InChI=1S/C28H24N2/c1-19-10-6-9-15-26(19)30-20(2)29(23-12-4-3-5-13-23)27-17-22-16-21-11-7-8-14-24(21)25(22)18-28(27)30/h3-15,17-18,20H,16H2,1-2H3/t20-/m0/s1. The summed E-state index contributed by atoms with van der Waals surface area (Å²) in [5.74, 6) is 0. The molecule has 0 amide bonds. The first kappa shape index (κ1) is 17.3. The molecule has 1 aliphatic carbocycles. The van der Waals surface area contributed by atoms with Crippen LogP contribution in [-0.4, -0.2) is 6.17 Å². The molecule has 0 saturated heterocycles. The van der Waals surface area contributed by atoms with Crippen LogP contribution in [0.25, 0.3) is 11.1 Å². The van der Waals surface area contributed by atoms with Crippen LogP contribution in [0, 0.1) is 6.92 Å². The second kappa shape index (κ2) is 6.50. The summed E-state index contributed by atoms with van der Waals surface area (Å²) < 4.78 is 0. The number of fused-ring (bicyclic) bond motifs is 4. The van der Waals surface area contributed by atoms with E-state index in [1.807, 2.05) is 0 Å². The molecule has 1 heterocycles. The normalized spacial score (nSPS) is 16.4. The van der Waals surface area contributed by atoms with Crippen molar-refractivity contribution in [2.75, 3.05) is 9.80 Å². The van der Waals surface area contributed by atoms with Gasteiger partial charge in [0.15, 0.2) is 0 Å². The van der Waals surface area contributed by atoms with Gasteiger partial charge in [0, 0.05) is 11.4 Å². The van der Waals surface area contributed by atoms with Gasteiger partial charge in [0.05, 0.1) is 11.4 Å². The first-order valence-electron chi connectivity index (χ1n) is 10.7.